The van der Waals surface area contributed by atoms with Gasteiger partial charge >= 0.3 is 6.03 Å². The van der Waals surface area contributed by atoms with Gasteiger partial charge in [-0.25, -0.2) is 10.2 Å². The summed E-state index contributed by atoms with van der Waals surface area (Å²) in [6.07, 6.45) is 0. The number of carbonyl (C=O) groups excluding carboxylic acids is 1. The number of rotatable bonds is 8. The molecule has 0 fully saturated rings. The highest BCUT2D eigenvalue weighted by molar-refractivity contribution is 5.88. The Morgan fingerprint density at radius 1 is 0.812 bits per heavy atom. The van der Waals surface area contributed by atoms with Crippen LogP contribution in [0.4, 0.5) is 21.9 Å². The van der Waals surface area contributed by atoms with Crippen LogP contribution < -0.4 is 10.7 Å². The van der Waals surface area contributed by atoms with Crippen LogP contribution >= 0.6 is 12.4 Å². The quantitative estimate of drug-likeness (QED) is 0.373. The fraction of sp³-hybridized carbons (Fsp3) is 0.0952. The van der Waals surface area contributed by atoms with Gasteiger partial charge in [0, 0.05) is 36.5 Å². The largest absolute Gasteiger partial charge is 0.336 e. The molecule has 0 bridgehead atoms. The molecule has 0 heterocycles. The molecule has 0 radical (unpaired) electrons. The summed E-state index contributed by atoms with van der Waals surface area (Å²) in [5, 5.41) is 26.1. The van der Waals surface area contributed by atoms with Crippen LogP contribution in [0.3, 0.4) is 0 Å². The Labute approximate surface area is 189 Å². The van der Waals surface area contributed by atoms with E-state index in [9.17, 15) is 25.0 Å². The molecule has 3 aromatic carbocycles. The minimum atomic E-state index is -0.506. The van der Waals surface area contributed by atoms with Crippen molar-refractivity contribution in [2.75, 3.05) is 5.32 Å². The van der Waals surface area contributed by atoms with E-state index in [4.69, 9.17) is 0 Å². The number of nitrogens with one attached hydrogen (secondary N) is 2. The Morgan fingerprint density at radius 3 is 1.97 bits per heavy atom. The van der Waals surface area contributed by atoms with Crippen molar-refractivity contribution in [1.82, 2.24) is 10.4 Å². The molecule has 2 amide bonds. The number of amides is 2. The average Bonchev–Trinajstić information content (AvgIpc) is 2.77. The number of halogens is 1. The van der Waals surface area contributed by atoms with Gasteiger partial charge in [0.05, 0.1) is 16.4 Å². The molecule has 3 aromatic rings. The van der Waals surface area contributed by atoms with Crippen molar-refractivity contribution in [3.63, 3.8) is 0 Å². The second kappa shape index (κ2) is 11.4. The number of para-hydroxylation sites is 1. The summed E-state index contributed by atoms with van der Waals surface area (Å²) in [7, 11) is 0. The van der Waals surface area contributed by atoms with Crippen LogP contribution in [0.2, 0.25) is 0 Å². The number of non-ortho nitro benzene ring substituents is 2. The monoisotopic (exact) mass is 457 g/mol. The summed E-state index contributed by atoms with van der Waals surface area (Å²) in [5.74, 6) is 0. The van der Waals surface area contributed by atoms with Gasteiger partial charge in [0.25, 0.3) is 11.4 Å². The Balaban J connectivity index is 0.00000363. The number of carbonyl (C=O) groups is 1. The summed E-state index contributed by atoms with van der Waals surface area (Å²) < 4.78 is 0. The zero-order chi connectivity index (χ0) is 22.2. The van der Waals surface area contributed by atoms with Crippen molar-refractivity contribution < 1.29 is 14.6 Å². The van der Waals surface area contributed by atoms with Gasteiger partial charge < -0.3 is 5.32 Å². The number of urea groups is 1. The molecule has 0 unspecified atom stereocenters. The van der Waals surface area contributed by atoms with E-state index in [1.54, 1.807) is 48.5 Å². The fourth-order valence-electron chi connectivity index (χ4n) is 2.83. The number of hydrogen-bond acceptors (Lipinski definition) is 6. The SMILES string of the molecule is Cl.O=C(Nc1ccccc1)N(Cc1cccc([N+](=O)[O-])c1)NCc1cccc([N+](=O)[O-])c1. The minimum Gasteiger partial charge on any atom is -0.307 e. The molecule has 166 valence electrons. The lowest BCUT2D eigenvalue weighted by Crippen LogP contribution is -2.44. The summed E-state index contributed by atoms with van der Waals surface area (Å²) in [6.45, 7) is 0.175. The molecule has 0 aromatic heterocycles. The Hall–Kier alpha value is -4.02. The van der Waals surface area contributed by atoms with Crippen LogP contribution in [0, 0.1) is 20.2 Å². The molecule has 32 heavy (non-hydrogen) atoms. The van der Waals surface area contributed by atoms with Gasteiger partial charge in [-0.1, -0.05) is 42.5 Å². The zero-order valence-electron chi connectivity index (χ0n) is 16.7. The van der Waals surface area contributed by atoms with Crippen molar-refractivity contribution in [2.24, 2.45) is 0 Å². The van der Waals surface area contributed by atoms with Crippen LogP contribution in [-0.2, 0) is 13.1 Å². The fourth-order valence-corrected chi connectivity index (χ4v) is 2.83. The van der Waals surface area contributed by atoms with Crippen LogP contribution in [0.1, 0.15) is 11.1 Å². The molecule has 11 heteroatoms. The summed E-state index contributed by atoms with van der Waals surface area (Å²) >= 11 is 0. The van der Waals surface area contributed by atoms with Crippen LogP contribution in [0.5, 0.6) is 0 Å². The van der Waals surface area contributed by atoms with E-state index < -0.39 is 15.9 Å². The highest BCUT2D eigenvalue weighted by atomic mass is 35.5. The number of benzene rings is 3. The molecule has 10 nitrogen and oxygen atoms in total. The van der Waals surface area contributed by atoms with Gasteiger partial charge in [-0.2, -0.15) is 0 Å². The second-order valence-corrected chi connectivity index (χ2v) is 6.57. The van der Waals surface area contributed by atoms with Crippen molar-refractivity contribution in [1.29, 1.82) is 0 Å². The predicted molar refractivity (Wildman–Crippen MR) is 121 cm³/mol. The number of nitro benzene ring substituents is 2. The van der Waals surface area contributed by atoms with Crippen molar-refractivity contribution in [3.8, 4) is 0 Å². The van der Waals surface area contributed by atoms with Gasteiger partial charge in [0.2, 0.25) is 0 Å². The molecular formula is C21H20ClN5O5. The molecule has 0 saturated carbocycles. The molecule has 0 aliphatic rings. The average molecular weight is 458 g/mol. The number of hydrogen-bond donors (Lipinski definition) is 2. The third-order valence-electron chi connectivity index (χ3n) is 4.33. The first-order valence-corrected chi connectivity index (χ1v) is 9.26. The molecular weight excluding hydrogens is 438 g/mol. The lowest BCUT2D eigenvalue weighted by Gasteiger charge is -2.24. The minimum absolute atomic E-state index is 0. The molecule has 0 saturated heterocycles. The Kier molecular flexibility index (Phi) is 8.63. The lowest BCUT2D eigenvalue weighted by atomic mass is 10.2. The van der Waals surface area contributed by atoms with E-state index in [0.29, 0.717) is 16.8 Å². The van der Waals surface area contributed by atoms with E-state index in [1.165, 1.54) is 29.3 Å². The van der Waals surface area contributed by atoms with E-state index in [-0.39, 0.29) is 36.9 Å². The number of anilines is 1. The molecule has 0 atom stereocenters. The Bertz CT molecular complexity index is 1100. The highest BCUT2D eigenvalue weighted by Gasteiger charge is 2.16. The summed E-state index contributed by atoms with van der Waals surface area (Å²) in [6, 6.07) is 20.4. The maximum Gasteiger partial charge on any atom is 0.336 e. The molecule has 3 rings (SSSR count). The summed E-state index contributed by atoms with van der Waals surface area (Å²) in [5.41, 5.74) is 4.53. The lowest BCUT2D eigenvalue weighted by molar-refractivity contribution is -0.385. The van der Waals surface area contributed by atoms with Gasteiger partial charge in [-0.05, 0) is 23.3 Å². The van der Waals surface area contributed by atoms with Crippen LogP contribution in [0.15, 0.2) is 78.9 Å². The Morgan fingerprint density at radius 2 is 1.38 bits per heavy atom. The predicted octanol–water partition coefficient (Wildman–Crippen LogP) is 4.66. The van der Waals surface area contributed by atoms with Gasteiger partial charge in [-0.15, -0.1) is 12.4 Å². The van der Waals surface area contributed by atoms with Gasteiger partial charge in [0.15, 0.2) is 0 Å². The molecule has 0 spiro atoms. The zero-order valence-corrected chi connectivity index (χ0v) is 17.5. The first-order valence-electron chi connectivity index (χ1n) is 9.26. The number of hydrazine groups is 1. The highest BCUT2D eigenvalue weighted by Crippen LogP contribution is 2.16. The maximum absolute atomic E-state index is 12.8. The smallest absolute Gasteiger partial charge is 0.307 e. The van der Waals surface area contributed by atoms with Crippen molar-refractivity contribution in [2.45, 2.75) is 13.1 Å². The van der Waals surface area contributed by atoms with Crippen LogP contribution in [-0.4, -0.2) is 20.9 Å². The van der Waals surface area contributed by atoms with Gasteiger partial charge in [0.1, 0.15) is 0 Å². The van der Waals surface area contributed by atoms with E-state index >= 15 is 0 Å². The standard InChI is InChI=1S/C21H19N5O5.ClH/c27-21(23-18-8-2-1-3-9-18)24(15-17-7-5-11-20(13-17)26(30)31)22-14-16-6-4-10-19(12-16)25(28)29;/h1-13,22H,14-15H2,(H,23,27);1H. The second-order valence-electron chi connectivity index (χ2n) is 6.57. The third-order valence-corrected chi connectivity index (χ3v) is 4.33. The molecule has 2 N–H and O–H groups in total. The number of nitro groups is 2. The first kappa shape index (κ1) is 24.3. The number of nitrogens with zero attached hydrogens (tertiary/aromatic N) is 3. The van der Waals surface area contributed by atoms with E-state index in [2.05, 4.69) is 10.7 Å². The van der Waals surface area contributed by atoms with E-state index in [0.717, 1.165) is 0 Å². The molecule has 0 aliphatic carbocycles. The normalized spacial score (nSPS) is 10.0. The van der Waals surface area contributed by atoms with E-state index in [1.807, 2.05) is 6.07 Å². The molecule has 0 aliphatic heterocycles. The van der Waals surface area contributed by atoms with Crippen LogP contribution in [0.25, 0.3) is 0 Å². The topological polar surface area (TPSA) is 131 Å². The van der Waals surface area contributed by atoms with Crippen molar-refractivity contribution >= 4 is 35.5 Å². The maximum atomic E-state index is 12.8. The van der Waals surface area contributed by atoms with Crippen molar-refractivity contribution in [3.05, 3.63) is 110 Å². The first-order chi connectivity index (χ1) is 14.9. The van der Waals surface area contributed by atoms with Gasteiger partial charge in [-0.3, -0.25) is 25.2 Å². The summed E-state index contributed by atoms with van der Waals surface area (Å²) in [4.78, 5) is 33.9. The third kappa shape index (κ3) is 6.76.